The molecule has 2 bridgehead atoms. The third-order valence-electron chi connectivity index (χ3n) is 3.83. The number of nitrogens with one attached hydrogen (secondary N) is 1. The number of nitro groups is 1. The molecule has 102 valence electrons. The van der Waals surface area contributed by atoms with Gasteiger partial charge in [0, 0.05) is 41.9 Å². The fraction of sp³-hybridized carbons (Fsp3) is 0.583. The average molecular weight is 327 g/mol. The van der Waals surface area contributed by atoms with Gasteiger partial charge in [0.05, 0.1) is 4.92 Å². The molecule has 3 rings (SSSR count). The number of halogens is 1. The van der Waals surface area contributed by atoms with Crippen molar-refractivity contribution in [1.29, 1.82) is 0 Å². The van der Waals surface area contributed by atoms with Crippen LogP contribution in [-0.4, -0.2) is 35.1 Å². The van der Waals surface area contributed by atoms with Crippen LogP contribution >= 0.6 is 15.9 Å². The van der Waals surface area contributed by atoms with Crippen molar-refractivity contribution in [3.8, 4) is 0 Å². The maximum absolute atomic E-state index is 11.2. The van der Waals surface area contributed by atoms with Gasteiger partial charge in [-0.15, -0.1) is 0 Å². The van der Waals surface area contributed by atoms with Crippen molar-refractivity contribution < 1.29 is 4.92 Å². The van der Waals surface area contributed by atoms with E-state index in [0.717, 1.165) is 25.9 Å². The summed E-state index contributed by atoms with van der Waals surface area (Å²) in [6.07, 6.45) is 5.00. The SMILES string of the molecule is O=[N+]([O-])c1cc(Br)cnc1N1CCC2CCC(C1)N2. The Kier molecular flexibility index (Phi) is 3.40. The van der Waals surface area contributed by atoms with E-state index >= 15 is 0 Å². The largest absolute Gasteiger partial charge is 0.349 e. The zero-order valence-corrected chi connectivity index (χ0v) is 12.0. The molecule has 0 saturated carbocycles. The Morgan fingerprint density at radius 3 is 3.00 bits per heavy atom. The first kappa shape index (κ1) is 12.8. The lowest BCUT2D eigenvalue weighted by molar-refractivity contribution is -0.384. The van der Waals surface area contributed by atoms with E-state index in [-0.39, 0.29) is 10.6 Å². The lowest BCUT2D eigenvalue weighted by Crippen LogP contribution is -2.36. The molecule has 2 unspecified atom stereocenters. The molecule has 1 aromatic rings. The third-order valence-corrected chi connectivity index (χ3v) is 4.27. The van der Waals surface area contributed by atoms with Gasteiger partial charge in [0.1, 0.15) is 0 Å². The highest BCUT2D eigenvalue weighted by Crippen LogP contribution is 2.31. The van der Waals surface area contributed by atoms with Crippen molar-refractivity contribution in [3.05, 3.63) is 26.9 Å². The number of pyridine rings is 1. The Bertz CT molecular complexity index is 511. The number of rotatable bonds is 2. The summed E-state index contributed by atoms with van der Waals surface area (Å²) in [6, 6.07) is 2.51. The van der Waals surface area contributed by atoms with E-state index in [9.17, 15) is 10.1 Å². The minimum absolute atomic E-state index is 0.0761. The molecule has 1 aromatic heterocycles. The first-order valence-corrected chi connectivity index (χ1v) is 7.23. The zero-order chi connectivity index (χ0) is 13.4. The van der Waals surface area contributed by atoms with Gasteiger partial charge in [-0.2, -0.15) is 0 Å². The summed E-state index contributed by atoms with van der Waals surface area (Å²) in [5.41, 5.74) is 0.0761. The number of aromatic nitrogens is 1. The van der Waals surface area contributed by atoms with Crippen LogP contribution in [0.15, 0.2) is 16.7 Å². The maximum Gasteiger partial charge on any atom is 0.312 e. The van der Waals surface area contributed by atoms with E-state index in [1.54, 1.807) is 6.20 Å². The van der Waals surface area contributed by atoms with Gasteiger partial charge >= 0.3 is 5.69 Å². The highest BCUT2D eigenvalue weighted by Gasteiger charge is 2.32. The van der Waals surface area contributed by atoms with Crippen molar-refractivity contribution in [2.24, 2.45) is 0 Å². The maximum atomic E-state index is 11.2. The van der Waals surface area contributed by atoms with Gasteiger partial charge in [-0.3, -0.25) is 10.1 Å². The molecule has 0 amide bonds. The van der Waals surface area contributed by atoms with Gasteiger partial charge in [0.2, 0.25) is 5.82 Å². The predicted molar refractivity (Wildman–Crippen MR) is 75.4 cm³/mol. The Morgan fingerprint density at radius 1 is 1.42 bits per heavy atom. The first-order valence-electron chi connectivity index (χ1n) is 6.44. The molecular formula is C12H15BrN4O2. The number of hydrogen-bond acceptors (Lipinski definition) is 5. The lowest BCUT2D eigenvalue weighted by Gasteiger charge is -2.24. The summed E-state index contributed by atoms with van der Waals surface area (Å²) in [5.74, 6) is 0.488. The summed E-state index contributed by atoms with van der Waals surface area (Å²) >= 11 is 3.24. The van der Waals surface area contributed by atoms with Gasteiger partial charge in [-0.1, -0.05) is 0 Å². The molecule has 2 aliphatic rings. The van der Waals surface area contributed by atoms with Crippen LogP contribution in [0.25, 0.3) is 0 Å². The lowest BCUT2D eigenvalue weighted by atomic mass is 10.1. The Hall–Kier alpha value is -1.21. The van der Waals surface area contributed by atoms with E-state index in [2.05, 4.69) is 26.2 Å². The molecule has 0 aromatic carbocycles. The average Bonchev–Trinajstić information content (AvgIpc) is 2.69. The van der Waals surface area contributed by atoms with E-state index < -0.39 is 0 Å². The minimum atomic E-state index is -0.357. The van der Waals surface area contributed by atoms with Crippen LogP contribution in [-0.2, 0) is 0 Å². The van der Waals surface area contributed by atoms with E-state index in [1.807, 2.05) is 4.90 Å². The van der Waals surface area contributed by atoms with Crippen LogP contribution in [0, 0.1) is 10.1 Å². The zero-order valence-electron chi connectivity index (χ0n) is 10.4. The Balaban J connectivity index is 1.91. The van der Waals surface area contributed by atoms with Crippen molar-refractivity contribution in [2.45, 2.75) is 31.3 Å². The molecule has 1 N–H and O–H groups in total. The molecule has 2 aliphatic heterocycles. The molecular weight excluding hydrogens is 312 g/mol. The molecule has 0 aliphatic carbocycles. The van der Waals surface area contributed by atoms with Gasteiger partial charge in [-0.25, -0.2) is 4.98 Å². The third kappa shape index (κ3) is 2.57. The quantitative estimate of drug-likeness (QED) is 0.665. The van der Waals surface area contributed by atoms with Crippen LogP contribution in [0.1, 0.15) is 19.3 Å². The van der Waals surface area contributed by atoms with Gasteiger partial charge in [-0.05, 0) is 35.2 Å². The number of anilines is 1. The molecule has 0 spiro atoms. The van der Waals surface area contributed by atoms with E-state index in [0.29, 0.717) is 22.4 Å². The summed E-state index contributed by atoms with van der Waals surface area (Å²) in [7, 11) is 0. The summed E-state index contributed by atoms with van der Waals surface area (Å²) in [5, 5.41) is 14.7. The van der Waals surface area contributed by atoms with Crippen LogP contribution in [0.4, 0.5) is 11.5 Å². The fourth-order valence-corrected chi connectivity index (χ4v) is 3.25. The summed E-state index contributed by atoms with van der Waals surface area (Å²) in [6.45, 7) is 1.62. The predicted octanol–water partition coefficient (Wildman–Crippen LogP) is 2.08. The molecule has 7 heteroatoms. The number of fused-ring (bicyclic) bond motifs is 2. The normalized spacial score (nSPS) is 26.3. The van der Waals surface area contributed by atoms with Crippen molar-refractivity contribution in [1.82, 2.24) is 10.3 Å². The van der Waals surface area contributed by atoms with Crippen LogP contribution in [0.2, 0.25) is 0 Å². The van der Waals surface area contributed by atoms with Gasteiger partial charge in [0.15, 0.2) is 0 Å². The highest BCUT2D eigenvalue weighted by atomic mass is 79.9. The monoisotopic (exact) mass is 326 g/mol. The minimum Gasteiger partial charge on any atom is -0.349 e. The second-order valence-electron chi connectivity index (χ2n) is 5.13. The molecule has 2 fully saturated rings. The molecule has 6 nitrogen and oxygen atoms in total. The smallest absolute Gasteiger partial charge is 0.312 e. The molecule has 2 saturated heterocycles. The summed E-state index contributed by atoms with van der Waals surface area (Å²) in [4.78, 5) is 17.1. The van der Waals surface area contributed by atoms with Crippen LogP contribution in [0.5, 0.6) is 0 Å². The molecule has 2 atom stereocenters. The highest BCUT2D eigenvalue weighted by molar-refractivity contribution is 9.10. The van der Waals surface area contributed by atoms with E-state index in [4.69, 9.17) is 0 Å². The van der Waals surface area contributed by atoms with E-state index in [1.165, 1.54) is 12.5 Å². The topological polar surface area (TPSA) is 71.3 Å². The Morgan fingerprint density at radius 2 is 2.21 bits per heavy atom. The van der Waals surface area contributed by atoms with Gasteiger partial charge < -0.3 is 10.2 Å². The Labute approximate surface area is 119 Å². The van der Waals surface area contributed by atoms with Gasteiger partial charge in [0.25, 0.3) is 0 Å². The van der Waals surface area contributed by atoms with Crippen molar-refractivity contribution >= 4 is 27.4 Å². The fourth-order valence-electron chi connectivity index (χ4n) is 2.93. The summed E-state index contributed by atoms with van der Waals surface area (Å²) < 4.78 is 0.636. The number of hydrogen-bond donors (Lipinski definition) is 1. The van der Waals surface area contributed by atoms with Crippen LogP contribution in [0.3, 0.4) is 0 Å². The van der Waals surface area contributed by atoms with Crippen LogP contribution < -0.4 is 10.2 Å². The molecule has 3 heterocycles. The first-order chi connectivity index (χ1) is 9.13. The molecule has 0 radical (unpaired) electrons. The molecule has 19 heavy (non-hydrogen) atoms. The second-order valence-corrected chi connectivity index (χ2v) is 6.04. The second kappa shape index (κ2) is 5.05. The van der Waals surface area contributed by atoms with Crippen molar-refractivity contribution in [2.75, 3.05) is 18.0 Å². The standard InChI is InChI=1S/C12H15BrN4O2/c13-8-5-11(17(18)19)12(14-6-8)16-4-3-9-1-2-10(7-16)15-9/h5-6,9-10,15H,1-4,7H2. The van der Waals surface area contributed by atoms with Crippen molar-refractivity contribution in [3.63, 3.8) is 0 Å². The number of nitrogens with zero attached hydrogens (tertiary/aromatic N) is 3.